The van der Waals surface area contributed by atoms with E-state index >= 15 is 0 Å². The van der Waals surface area contributed by atoms with Crippen molar-refractivity contribution in [3.8, 4) is 5.75 Å². The maximum atomic E-state index is 12.5. The first kappa shape index (κ1) is 17.3. The molecule has 0 aliphatic carbocycles. The number of aromatic nitrogens is 2. The summed E-state index contributed by atoms with van der Waals surface area (Å²) in [5, 5.41) is 1.65. The number of hydrogen-bond donors (Lipinski definition) is 0. The molecule has 1 aromatic carbocycles. The second-order valence-corrected chi connectivity index (χ2v) is 7.19. The van der Waals surface area contributed by atoms with Gasteiger partial charge in [-0.2, -0.15) is 0 Å². The van der Waals surface area contributed by atoms with E-state index in [1.54, 1.807) is 31.5 Å². The number of fused-ring (bicyclic) bond motifs is 2. The normalized spacial score (nSPS) is 12.8. The summed E-state index contributed by atoms with van der Waals surface area (Å²) in [6.07, 6.45) is 0. The number of pyridine rings is 2. The number of ether oxygens (including phenoxy) is 2. The first-order chi connectivity index (χ1) is 12.8. The van der Waals surface area contributed by atoms with Crippen LogP contribution in [0.3, 0.4) is 0 Å². The summed E-state index contributed by atoms with van der Waals surface area (Å²) in [7, 11) is 1.66. The molecule has 140 valence electrons. The van der Waals surface area contributed by atoms with Crippen molar-refractivity contribution >= 4 is 27.8 Å². The molecule has 1 aliphatic heterocycles. The molecule has 3 heterocycles. The smallest absolute Gasteiger partial charge is 0.308 e. The van der Waals surface area contributed by atoms with Gasteiger partial charge in [0.25, 0.3) is 11.1 Å². The van der Waals surface area contributed by atoms with Crippen LogP contribution in [-0.2, 0) is 29.9 Å². The van der Waals surface area contributed by atoms with E-state index in [-0.39, 0.29) is 36.3 Å². The fourth-order valence-corrected chi connectivity index (χ4v) is 3.50. The Morgan fingerprint density at radius 3 is 2.59 bits per heavy atom. The van der Waals surface area contributed by atoms with Gasteiger partial charge in [-0.15, -0.1) is 0 Å². The number of aryl methyl sites for hydroxylation is 2. The molecule has 0 atom stereocenters. The number of rotatable bonds is 3. The van der Waals surface area contributed by atoms with Crippen LogP contribution in [0.25, 0.3) is 21.8 Å². The molecule has 0 bridgehead atoms. The van der Waals surface area contributed by atoms with Gasteiger partial charge in [-0.25, -0.2) is 0 Å². The first-order valence-corrected chi connectivity index (χ1v) is 8.78. The lowest BCUT2D eigenvalue weighted by Gasteiger charge is -2.15. The highest BCUT2D eigenvalue weighted by Gasteiger charge is 2.24. The Kier molecular flexibility index (Phi) is 3.83. The van der Waals surface area contributed by atoms with Crippen LogP contribution in [0.4, 0.5) is 0 Å². The van der Waals surface area contributed by atoms with Gasteiger partial charge >= 0.3 is 5.97 Å². The Labute approximate surface area is 154 Å². The minimum absolute atomic E-state index is 0.00717. The fraction of sp³-hybridized carbons (Fsp3) is 0.350. The molecule has 0 N–H and O–H groups in total. The third kappa shape index (κ3) is 2.53. The first-order valence-electron chi connectivity index (χ1n) is 8.78. The summed E-state index contributed by atoms with van der Waals surface area (Å²) in [6.45, 7) is 5.51. The Bertz CT molecular complexity index is 1230. The van der Waals surface area contributed by atoms with Crippen molar-refractivity contribution in [1.82, 2.24) is 9.13 Å². The predicted molar refractivity (Wildman–Crippen MR) is 101 cm³/mol. The van der Waals surface area contributed by atoms with Gasteiger partial charge in [0.2, 0.25) is 0 Å². The van der Waals surface area contributed by atoms with Crippen LogP contribution in [-0.4, -0.2) is 15.1 Å². The number of carbonyl (C=O) groups is 1. The fourth-order valence-electron chi connectivity index (χ4n) is 3.50. The van der Waals surface area contributed by atoms with Crippen LogP contribution in [0.15, 0.2) is 27.8 Å². The predicted octanol–water partition coefficient (Wildman–Crippen LogP) is 2.21. The van der Waals surface area contributed by atoms with Crippen LogP contribution < -0.4 is 15.9 Å². The average molecular weight is 368 g/mol. The van der Waals surface area contributed by atoms with Crippen molar-refractivity contribution in [3.63, 3.8) is 0 Å². The van der Waals surface area contributed by atoms with Crippen LogP contribution in [0.1, 0.15) is 25.0 Å². The number of carbonyl (C=O) groups excluding carboxylic acids is 1. The lowest BCUT2D eigenvalue weighted by atomic mass is 10.0. The van der Waals surface area contributed by atoms with Gasteiger partial charge in [-0.1, -0.05) is 13.8 Å². The zero-order chi connectivity index (χ0) is 19.5. The largest absolute Gasteiger partial charge is 0.468 e. The maximum absolute atomic E-state index is 12.5. The minimum atomic E-state index is -0.324. The van der Waals surface area contributed by atoms with E-state index < -0.39 is 0 Å². The third-order valence-corrected chi connectivity index (χ3v) is 5.02. The van der Waals surface area contributed by atoms with E-state index in [1.165, 1.54) is 10.6 Å². The molecule has 7 heteroatoms. The zero-order valence-electron chi connectivity index (χ0n) is 15.7. The molecule has 0 radical (unpaired) electrons. The monoisotopic (exact) mass is 368 g/mol. The second kappa shape index (κ2) is 5.97. The Hall–Kier alpha value is -3.09. The molecule has 3 aromatic rings. The topological polar surface area (TPSA) is 79.5 Å². The van der Waals surface area contributed by atoms with Crippen molar-refractivity contribution in [2.45, 2.75) is 34.1 Å². The summed E-state index contributed by atoms with van der Waals surface area (Å²) in [6, 6.07) is 4.99. The average Bonchev–Trinajstić information content (AvgIpc) is 3.06. The van der Waals surface area contributed by atoms with Crippen molar-refractivity contribution in [3.05, 3.63) is 50.0 Å². The lowest BCUT2D eigenvalue weighted by Crippen LogP contribution is -2.19. The molecule has 0 spiro atoms. The van der Waals surface area contributed by atoms with Crippen molar-refractivity contribution in [1.29, 1.82) is 0 Å². The SMILES string of the molecule is Cc1cc(=O)n2c3c(c4c(cc13)c(COC(=O)C(C)C)cc(=O)n4C)OC2. The summed E-state index contributed by atoms with van der Waals surface area (Å²) in [5.41, 5.74) is 2.38. The van der Waals surface area contributed by atoms with E-state index in [2.05, 4.69) is 0 Å². The molecular formula is C20H20N2O5. The zero-order valence-corrected chi connectivity index (χ0v) is 15.7. The standard InChI is InChI=1S/C20H20N2O5/c1-10(2)20(25)26-8-12-6-15(23)21(4)17-14(12)7-13-11(3)5-16(24)22-9-27-19(17)18(13)22/h5-7,10H,8-9H2,1-4H3. The van der Waals surface area contributed by atoms with Crippen molar-refractivity contribution in [2.75, 3.05) is 0 Å². The summed E-state index contributed by atoms with van der Waals surface area (Å²) >= 11 is 0. The molecule has 2 aromatic heterocycles. The Morgan fingerprint density at radius 2 is 1.89 bits per heavy atom. The molecule has 0 unspecified atom stereocenters. The van der Waals surface area contributed by atoms with Gasteiger partial charge in [0, 0.05) is 35.5 Å². The third-order valence-electron chi connectivity index (χ3n) is 5.02. The summed E-state index contributed by atoms with van der Waals surface area (Å²) in [5.74, 6) is -0.0587. The van der Waals surface area contributed by atoms with Crippen LogP contribution in [0.2, 0.25) is 0 Å². The number of nitrogens with zero attached hydrogens (tertiary/aromatic N) is 2. The highest BCUT2D eigenvalue weighted by atomic mass is 16.5. The number of hydrogen-bond acceptors (Lipinski definition) is 5. The van der Waals surface area contributed by atoms with Gasteiger partial charge < -0.3 is 14.0 Å². The van der Waals surface area contributed by atoms with Crippen LogP contribution in [0.5, 0.6) is 5.75 Å². The molecule has 0 fully saturated rings. The number of esters is 1. The van der Waals surface area contributed by atoms with Gasteiger partial charge in [-0.3, -0.25) is 19.0 Å². The van der Waals surface area contributed by atoms with Gasteiger partial charge in [-0.05, 0) is 18.6 Å². The maximum Gasteiger partial charge on any atom is 0.308 e. The van der Waals surface area contributed by atoms with E-state index in [0.717, 1.165) is 16.3 Å². The highest BCUT2D eigenvalue weighted by Crippen LogP contribution is 2.39. The summed E-state index contributed by atoms with van der Waals surface area (Å²) in [4.78, 5) is 36.6. The lowest BCUT2D eigenvalue weighted by molar-refractivity contribution is -0.148. The Morgan fingerprint density at radius 1 is 1.15 bits per heavy atom. The van der Waals surface area contributed by atoms with Crippen molar-refractivity contribution < 1.29 is 14.3 Å². The number of benzene rings is 1. The molecule has 27 heavy (non-hydrogen) atoms. The minimum Gasteiger partial charge on any atom is -0.468 e. The van der Waals surface area contributed by atoms with E-state index in [9.17, 15) is 14.4 Å². The molecule has 1 aliphatic rings. The highest BCUT2D eigenvalue weighted by molar-refractivity contribution is 6.05. The summed E-state index contributed by atoms with van der Waals surface area (Å²) < 4.78 is 14.2. The van der Waals surface area contributed by atoms with Crippen LogP contribution >= 0.6 is 0 Å². The van der Waals surface area contributed by atoms with E-state index in [1.807, 2.05) is 13.0 Å². The van der Waals surface area contributed by atoms with Crippen molar-refractivity contribution in [2.24, 2.45) is 13.0 Å². The molecule has 4 rings (SSSR count). The van der Waals surface area contributed by atoms with Crippen LogP contribution in [0, 0.1) is 12.8 Å². The van der Waals surface area contributed by atoms with E-state index in [0.29, 0.717) is 22.3 Å². The molecule has 0 saturated heterocycles. The van der Waals surface area contributed by atoms with Gasteiger partial charge in [0.15, 0.2) is 12.5 Å². The van der Waals surface area contributed by atoms with E-state index in [4.69, 9.17) is 9.47 Å². The molecule has 7 nitrogen and oxygen atoms in total. The Balaban J connectivity index is 2.04. The van der Waals surface area contributed by atoms with Gasteiger partial charge in [0.1, 0.15) is 6.61 Å². The van der Waals surface area contributed by atoms with Gasteiger partial charge in [0.05, 0.1) is 17.0 Å². The molecule has 0 amide bonds. The molecular weight excluding hydrogens is 348 g/mol. The second-order valence-electron chi connectivity index (χ2n) is 7.19. The molecule has 0 saturated carbocycles. The quantitative estimate of drug-likeness (QED) is 0.523.